The average molecular weight is 396 g/mol. The predicted molar refractivity (Wildman–Crippen MR) is 101 cm³/mol. The van der Waals surface area contributed by atoms with Crippen LogP contribution in [0.15, 0.2) is 30.3 Å². The van der Waals surface area contributed by atoms with Gasteiger partial charge in [-0.25, -0.2) is 0 Å². The Labute approximate surface area is 161 Å². The summed E-state index contributed by atoms with van der Waals surface area (Å²) in [4.78, 5) is 24.0. The van der Waals surface area contributed by atoms with Crippen molar-refractivity contribution in [1.29, 1.82) is 0 Å². The third-order valence-corrected chi connectivity index (χ3v) is 4.49. The fraction of sp³-hybridized carbons (Fsp3) is 0.278. The zero-order valence-electron chi connectivity index (χ0n) is 14.6. The van der Waals surface area contributed by atoms with E-state index in [0.29, 0.717) is 21.4 Å². The molecule has 0 aliphatic heterocycles. The van der Waals surface area contributed by atoms with E-state index in [-0.39, 0.29) is 12.3 Å². The first-order valence-electron chi connectivity index (χ1n) is 7.81. The summed E-state index contributed by atoms with van der Waals surface area (Å²) in [6, 6.07) is 6.36. The van der Waals surface area contributed by atoms with Crippen molar-refractivity contribution in [2.75, 3.05) is 7.11 Å². The minimum absolute atomic E-state index is 0.00435. The average Bonchev–Trinajstić information content (AvgIpc) is 2.85. The highest BCUT2D eigenvalue weighted by atomic mass is 35.5. The van der Waals surface area contributed by atoms with Gasteiger partial charge in [0.1, 0.15) is 5.15 Å². The Morgan fingerprint density at radius 2 is 1.96 bits per heavy atom. The van der Waals surface area contributed by atoms with Crippen molar-refractivity contribution in [3.05, 3.63) is 57.3 Å². The minimum Gasteiger partial charge on any atom is -0.469 e. The number of hydrogen-bond donors (Lipinski definition) is 1. The number of aryl methyl sites for hydroxylation is 2. The van der Waals surface area contributed by atoms with Crippen molar-refractivity contribution >= 4 is 41.2 Å². The van der Waals surface area contributed by atoms with E-state index in [1.54, 1.807) is 44.3 Å². The van der Waals surface area contributed by atoms with Crippen molar-refractivity contribution in [2.24, 2.45) is 7.05 Å². The van der Waals surface area contributed by atoms with Gasteiger partial charge < -0.3 is 10.1 Å². The molecule has 1 heterocycles. The van der Waals surface area contributed by atoms with Crippen molar-refractivity contribution in [3.8, 4) is 0 Å². The number of halogens is 2. The zero-order chi connectivity index (χ0) is 19.3. The standard InChI is InChI=1S/C18H19Cl2N3O3/c1-11-14(18(20)23(2)22-11)8-9-16(24)21-15(10-17(25)26-3)12-4-6-13(19)7-5-12/h4-9,15H,10H2,1-3H3,(H,21,24)/b9-8+. The van der Waals surface area contributed by atoms with Crippen molar-refractivity contribution in [2.45, 2.75) is 19.4 Å². The molecule has 0 fully saturated rings. The first-order chi connectivity index (χ1) is 12.3. The van der Waals surface area contributed by atoms with Gasteiger partial charge in [0.25, 0.3) is 0 Å². The lowest BCUT2D eigenvalue weighted by molar-refractivity contribution is -0.141. The van der Waals surface area contributed by atoms with Crippen LogP contribution in [0, 0.1) is 6.92 Å². The number of aromatic nitrogens is 2. The number of carbonyl (C=O) groups is 2. The highest BCUT2D eigenvalue weighted by Gasteiger charge is 2.18. The largest absolute Gasteiger partial charge is 0.469 e. The molecule has 1 unspecified atom stereocenters. The maximum atomic E-state index is 12.3. The summed E-state index contributed by atoms with van der Waals surface area (Å²) in [5.74, 6) is -0.798. The molecule has 0 saturated heterocycles. The van der Waals surface area contributed by atoms with E-state index in [1.807, 2.05) is 0 Å². The number of amides is 1. The SMILES string of the molecule is COC(=O)CC(NC(=O)/C=C/c1c(C)nn(C)c1Cl)c1ccc(Cl)cc1. The third-order valence-electron chi connectivity index (χ3n) is 3.78. The summed E-state index contributed by atoms with van der Waals surface area (Å²) in [5, 5.41) is 7.99. The Morgan fingerprint density at radius 3 is 2.50 bits per heavy atom. The molecular formula is C18H19Cl2N3O3. The Hall–Kier alpha value is -2.31. The monoisotopic (exact) mass is 395 g/mol. The molecule has 0 aliphatic rings. The molecular weight excluding hydrogens is 377 g/mol. The number of methoxy groups -OCH3 is 1. The number of nitrogens with zero attached hydrogens (tertiary/aromatic N) is 2. The number of carbonyl (C=O) groups excluding carboxylic acids is 2. The quantitative estimate of drug-likeness (QED) is 0.600. The zero-order valence-corrected chi connectivity index (χ0v) is 16.1. The fourth-order valence-corrected chi connectivity index (χ4v) is 2.78. The number of hydrogen-bond acceptors (Lipinski definition) is 4. The van der Waals surface area contributed by atoms with Crippen molar-refractivity contribution < 1.29 is 14.3 Å². The molecule has 0 aliphatic carbocycles. The van der Waals surface area contributed by atoms with Crippen LogP contribution in [0.25, 0.3) is 6.08 Å². The molecule has 1 N–H and O–H groups in total. The molecule has 2 rings (SSSR count). The lowest BCUT2D eigenvalue weighted by Crippen LogP contribution is -2.29. The van der Waals surface area contributed by atoms with Crippen LogP contribution < -0.4 is 5.32 Å². The van der Waals surface area contributed by atoms with E-state index in [1.165, 1.54) is 17.9 Å². The van der Waals surface area contributed by atoms with E-state index in [0.717, 1.165) is 5.56 Å². The van der Waals surface area contributed by atoms with Crippen LogP contribution in [0.2, 0.25) is 10.2 Å². The first kappa shape index (κ1) is 20.0. The van der Waals surface area contributed by atoms with E-state index in [4.69, 9.17) is 27.9 Å². The first-order valence-corrected chi connectivity index (χ1v) is 8.57. The van der Waals surface area contributed by atoms with Gasteiger partial charge in [-0.1, -0.05) is 35.3 Å². The molecule has 0 saturated carbocycles. The van der Waals surface area contributed by atoms with Gasteiger partial charge in [0.05, 0.1) is 25.3 Å². The molecule has 1 aromatic heterocycles. The van der Waals surface area contributed by atoms with Crippen LogP contribution in [-0.2, 0) is 21.4 Å². The fourth-order valence-electron chi connectivity index (χ4n) is 2.41. The second-order valence-corrected chi connectivity index (χ2v) is 6.43. The molecule has 8 heteroatoms. The lowest BCUT2D eigenvalue weighted by Gasteiger charge is -2.17. The summed E-state index contributed by atoms with van der Waals surface area (Å²) in [6.07, 6.45) is 2.96. The topological polar surface area (TPSA) is 73.2 Å². The maximum absolute atomic E-state index is 12.3. The molecule has 1 aromatic carbocycles. The number of esters is 1. The van der Waals surface area contributed by atoms with Crippen molar-refractivity contribution in [3.63, 3.8) is 0 Å². The van der Waals surface area contributed by atoms with Gasteiger partial charge in [-0.05, 0) is 30.7 Å². The van der Waals surface area contributed by atoms with Gasteiger partial charge in [0, 0.05) is 23.7 Å². The Morgan fingerprint density at radius 1 is 1.31 bits per heavy atom. The number of nitrogens with one attached hydrogen (secondary N) is 1. The van der Waals surface area contributed by atoms with Crippen LogP contribution >= 0.6 is 23.2 Å². The number of benzene rings is 1. The van der Waals surface area contributed by atoms with Gasteiger partial charge in [0.2, 0.25) is 5.91 Å². The summed E-state index contributed by atoms with van der Waals surface area (Å²) >= 11 is 12.0. The summed E-state index contributed by atoms with van der Waals surface area (Å²) in [5.41, 5.74) is 2.13. The molecule has 26 heavy (non-hydrogen) atoms. The summed E-state index contributed by atoms with van der Waals surface area (Å²) < 4.78 is 6.24. The van der Waals surface area contributed by atoms with Crippen LogP contribution in [0.4, 0.5) is 0 Å². The molecule has 0 radical (unpaired) electrons. The Balaban J connectivity index is 2.16. The number of ether oxygens (including phenoxy) is 1. The Bertz CT molecular complexity index is 829. The van der Waals surface area contributed by atoms with Crippen LogP contribution in [0.1, 0.15) is 29.3 Å². The smallest absolute Gasteiger partial charge is 0.307 e. The van der Waals surface area contributed by atoms with E-state index < -0.39 is 12.0 Å². The second kappa shape index (κ2) is 8.87. The molecule has 2 aromatic rings. The van der Waals surface area contributed by atoms with Crippen LogP contribution in [0.3, 0.4) is 0 Å². The normalized spacial score (nSPS) is 12.2. The molecule has 0 bridgehead atoms. The highest BCUT2D eigenvalue weighted by Crippen LogP contribution is 2.22. The van der Waals surface area contributed by atoms with E-state index in [9.17, 15) is 9.59 Å². The summed E-state index contributed by atoms with van der Waals surface area (Å²) in [7, 11) is 3.02. The van der Waals surface area contributed by atoms with Crippen LogP contribution in [-0.4, -0.2) is 28.8 Å². The van der Waals surface area contributed by atoms with Gasteiger partial charge in [-0.3, -0.25) is 14.3 Å². The van der Waals surface area contributed by atoms with E-state index >= 15 is 0 Å². The lowest BCUT2D eigenvalue weighted by atomic mass is 10.0. The molecule has 138 valence electrons. The van der Waals surface area contributed by atoms with Crippen molar-refractivity contribution in [1.82, 2.24) is 15.1 Å². The van der Waals surface area contributed by atoms with E-state index in [2.05, 4.69) is 10.4 Å². The van der Waals surface area contributed by atoms with Gasteiger partial charge in [0.15, 0.2) is 0 Å². The highest BCUT2D eigenvalue weighted by molar-refractivity contribution is 6.31. The third kappa shape index (κ3) is 5.09. The van der Waals surface area contributed by atoms with Gasteiger partial charge in [-0.2, -0.15) is 5.10 Å². The van der Waals surface area contributed by atoms with Gasteiger partial charge >= 0.3 is 5.97 Å². The Kier molecular flexibility index (Phi) is 6.83. The molecule has 0 spiro atoms. The maximum Gasteiger partial charge on any atom is 0.307 e. The summed E-state index contributed by atoms with van der Waals surface area (Å²) in [6.45, 7) is 1.80. The predicted octanol–water partition coefficient (Wildman–Crippen LogP) is 3.47. The molecule has 1 amide bonds. The van der Waals surface area contributed by atoms with Gasteiger partial charge in [-0.15, -0.1) is 0 Å². The second-order valence-electron chi connectivity index (χ2n) is 5.64. The molecule has 1 atom stereocenters. The molecule has 6 nitrogen and oxygen atoms in total. The number of rotatable bonds is 6. The minimum atomic E-state index is -0.540. The van der Waals surface area contributed by atoms with Crippen LogP contribution in [0.5, 0.6) is 0 Å².